The second kappa shape index (κ2) is 4.53. The van der Waals surface area contributed by atoms with Gasteiger partial charge in [-0.2, -0.15) is 0 Å². The van der Waals surface area contributed by atoms with Gasteiger partial charge >= 0.3 is 5.97 Å². The maximum Gasteiger partial charge on any atom is 0.335 e. The molecule has 1 rings (SSSR count). The Morgan fingerprint density at radius 3 is 2.19 bits per heavy atom. The summed E-state index contributed by atoms with van der Waals surface area (Å²) in [5.41, 5.74) is 0.215. The number of carbonyl (C=O) groups is 1. The van der Waals surface area contributed by atoms with E-state index >= 15 is 0 Å². The summed E-state index contributed by atoms with van der Waals surface area (Å²) in [6.07, 6.45) is 0. The molecule has 4 nitrogen and oxygen atoms in total. The summed E-state index contributed by atoms with van der Waals surface area (Å²) < 4.78 is 0. The fourth-order valence-electron chi connectivity index (χ4n) is 1.14. The van der Waals surface area contributed by atoms with Crippen LogP contribution in [0.15, 0.2) is 24.3 Å². The zero-order valence-corrected chi connectivity index (χ0v) is 9.69. The van der Waals surface area contributed by atoms with Crippen molar-refractivity contribution in [3.63, 3.8) is 0 Å². The predicted molar refractivity (Wildman–Crippen MR) is 62.8 cm³/mol. The van der Waals surface area contributed by atoms with E-state index in [2.05, 4.69) is 5.32 Å². The van der Waals surface area contributed by atoms with Gasteiger partial charge in [0, 0.05) is 5.69 Å². The summed E-state index contributed by atoms with van der Waals surface area (Å²) in [5, 5.41) is 21.6. The van der Waals surface area contributed by atoms with E-state index in [1.165, 1.54) is 12.1 Å². The highest BCUT2D eigenvalue weighted by atomic mass is 16.4. The zero-order valence-electron chi connectivity index (χ0n) is 9.69. The first kappa shape index (κ1) is 12.5. The molecule has 3 N–H and O–H groups in total. The number of aromatic carboxylic acids is 1. The van der Waals surface area contributed by atoms with Crippen molar-refractivity contribution in [1.29, 1.82) is 0 Å². The Hall–Kier alpha value is -1.55. The van der Waals surface area contributed by atoms with Gasteiger partial charge in [0.05, 0.1) is 17.2 Å². The van der Waals surface area contributed by atoms with Crippen molar-refractivity contribution in [3.05, 3.63) is 29.8 Å². The molecule has 4 heteroatoms. The normalized spacial score (nSPS) is 13.2. The van der Waals surface area contributed by atoms with Gasteiger partial charge in [-0.3, -0.25) is 0 Å². The van der Waals surface area contributed by atoms with Crippen LogP contribution in [-0.2, 0) is 0 Å². The number of hydrogen-bond acceptors (Lipinski definition) is 3. The van der Waals surface area contributed by atoms with Crippen molar-refractivity contribution in [2.45, 2.75) is 32.4 Å². The molecule has 0 heterocycles. The third-order valence-corrected chi connectivity index (χ3v) is 2.57. The molecule has 0 amide bonds. The first-order chi connectivity index (χ1) is 7.30. The average molecular weight is 223 g/mol. The lowest BCUT2D eigenvalue weighted by Crippen LogP contribution is -2.39. The molecule has 1 aromatic carbocycles. The number of nitrogens with one attached hydrogen (secondary N) is 1. The van der Waals surface area contributed by atoms with Gasteiger partial charge in [-0.15, -0.1) is 0 Å². The Labute approximate surface area is 94.9 Å². The Morgan fingerprint density at radius 2 is 1.81 bits per heavy atom. The van der Waals surface area contributed by atoms with Gasteiger partial charge in [-0.25, -0.2) is 4.79 Å². The highest BCUT2D eigenvalue weighted by molar-refractivity contribution is 5.87. The zero-order chi connectivity index (χ0) is 12.3. The minimum absolute atomic E-state index is 0.122. The lowest BCUT2D eigenvalue weighted by atomic mass is 10.0. The van der Waals surface area contributed by atoms with Crippen LogP contribution in [-0.4, -0.2) is 27.8 Å². The van der Waals surface area contributed by atoms with Crippen LogP contribution in [0.3, 0.4) is 0 Å². The van der Waals surface area contributed by atoms with Crippen LogP contribution in [0, 0.1) is 0 Å². The molecule has 0 aliphatic rings. The van der Waals surface area contributed by atoms with Crippen molar-refractivity contribution in [2.75, 3.05) is 5.32 Å². The van der Waals surface area contributed by atoms with Crippen LogP contribution in [0.2, 0.25) is 0 Å². The van der Waals surface area contributed by atoms with Crippen molar-refractivity contribution in [1.82, 2.24) is 0 Å². The lowest BCUT2D eigenvalue weighted by Gasteiger charge is -2.27. The molecular weight excluding hydrogens is 206 g/mol. The molecule has 0 aliphatic carbocycles. The monoisotopic (exact) mass is 223 g/mol. The predicted octanol–water partition coefficient (Wildman–Crippen LogP) is 1.96. The molecule has 16 heavy (non-hydrogen) atoms. The van der Waals surface area contributed by atoms with E-state index in [1.54, 1.807) is 26.0 Å². The maximum absolute atomic E-state index is 10.6. The van der Waals surface area contributed by atoms with Crippen molar-refractivity contribution in [3.8, 4) is 0 Å². The number of rotatable bonds is 4. The molecule has 0 aromatic heterocycles. The Morgan fingerprint density at radius 1 is 1.31 bits per heavy atom. The van der Waals surface area contributed by atoms with Crippen LogP contribution < -0.4 is 5.32 Å². The SMILES string of the molecule is CC(Nc1ccc(C(=O)O)cc1)C(C)(C)O. The number of anilines is 1. The number of hydrogen-bond donors (Lipinski definition) is 3. The maximum atomic E-state index is 10.6. The quantitative estimate of drug-likeness (QED) is 0.729. The highest BCUT2D eigenvalue weighted by Gasteiger charge is 2.21. The van der Waals surface area contributed by atoms with E-state index in [0.717, 1.165) is 5.69 Å². The summed E-state index contributed by atoms with van der Waals surface area (Å²) in [6.45, 7) is 5.30. The van der Waals surface area contributed by atoms with E-state index in [9.17, 15) is 9.90 Å². The van der Waals surface area contributed by atoms with Gasteiger partial charge in [0.1, 0.15) is 0 Å². The highest BCUT2D eigenvalue weighted by Crippen LogP contribution is 2.16. The van der Waals surface area contributed by atoms with Crippen LogP contribution in [0.25, 0.3) is 0 Å². The Kier molecular flexibility index (Phi) is 3.55. The molecule has 0 saturated heterocycles. The van der Waals surface area contributed by atoms with Gasteiger partial charge in [0.25, 0.3) is 0 Å². The molecule has 0 bridgehead atoms. The van der Waals surface area contributed by atoms with Gasteiger partial charge in [-0.1, -0.05) is 0 Å². The average Bonchev–Trinajstić information content (AvgIpc) is 2.17. The molecule has 1 aromatic rings. The molecule has 1 atom stereocenters. The van der Waals surface area contributed by atoms with Gasteiger partial charge < -0.3 is 15.5 Å². The minimum Gasteiger partial charge on any atom is -0.478 e. The second-order valence-corrected chi connectivity index (χ2v) is 4.40. The van der Waals surface area contributed by atoms with Gasteiger partial charge in [0.15, 0.2) is 0 Å². The van der Waals surface area contributed by atoms with Gasteiger partial charge in [0.2, 0.25) is 0 Å². The van der Waals surface area contributed by atoms with E-state index < -0.39 is 11.6 Å². The minimum atomic E-state index is -0.943. The fraction of sp³-hybridized carbons (Fsp3) is 0.417. The molecule has 0 fully saturated rings. The van der Waals surface area contributed by atoms with Crippen LogP contribution in [0.5, 0.6) is 0 Å². The Bertz CT molecular complexity index is 365. The number of carboxylic acid groups (broad SMARTS) is 1. The molecule has 0 spiro atoms. The molecule has 0 saturated carbocycles. The summed E-state index contributed by atoms with van der Waals surface area (Å²) in [5.74, 6) is -0.943. The summed E-state index contributed by atoms with van der Waals surface area (Å²) >= 11 is 0. The summed E-state index contributed by atoms with van der Waals surface area (Å²) in [7, 11) is 0. The van der Waals surface area contributed by atoms with Crippen LogP contribution >= 0.6 is 0 Å². The van der Waals surface area contributed by atoms with E-state index in [-0.39, 0.29) is 11.6 Å². The molecule has 1 unspecified atom stereocenters. The van der Waals surface area contributed by atoms with Crippen molar-refractivity contribution >= 4 is 11.7 Å². The van der Waals surface area contributed by atoms with E-state index in [4.69, 9.17) is 5.11 Å². The fourth-order valence-corrected chi connectivity index (χ4v) is 1.14. The topological polar surface area (TPSA) is 69.6 Å². The number of benzene rings is 1. The molecule has 0 radical (unpaired) electrons. The third-order valence-electron chi connectivity index (χ3n) is 2.57. The molecule has 88 valence electrons. The van der Waals surface area contributed by atoms with Crippen LogP contribution in [0.4, 0.5) is 5.69 Å². The smallest absolute Gasteiger partial charge is 0.335 e. The van der Waals surface area contributed by atoms with Crippen LogP contribution in [0.1, 0.15) is 31.1 Å². The first-order valence-corrected chi connectivity index (χ1v) is 5.13. The standard InChI is InChI=1S/C12H17NO3/c1-8(12(2,3)16)13-10-6-4-9(5-7-10)11(14)15/h4-8,13,16H,1-3H3,(H,14,15). The third kappa shape index (κ3) is 3.24. The molecular formula is C12H17NO3. The summed E-state index contributed by atoms with van der Waals surface area (Å²) in [4.78, 5) is 10.6. The van der Waals surface area contributed by atoms with Crippen molar-refractivity contribution < 1.29 is 15.0 Å². The number of carboxylic acids is 1. The first-order valence-electron chi connectivity index (χ1n) is 5.13. The molecule has 0 aliphatic heterocycles. The number of aliphatic hydroxyl groups is 1. The Balaban J connectivity index is 2.73. The summed E-state index contributed by atoms with van der Waals surface area (Å²) in [6, 6.07) is 6.31. The van der Waals surface area contributed by atoms with Gasteiger partial charge in [-0.05, 0) is 45.0 Å². The lowest BCUT2D eigenvalue weighted by molar-refractivity contribution is 0.0647. The largest absolute Gasteiger partial charge is 0.478 e. The van der Waals surface area contributed by atoms with E-state index in [1.807, 2.05) is 6.92 Å². The second-order valence-electron chi connectivity index (χ2n) is 4.40. The van der Waals surface area contributed by atoms with E-state index in [0.29, 0.717) is 0 Å². The van der Waals surface area contributed by atoms with Crippen molar-refractivity contribution in [2.24, 2.45) is 0 Å².